The Kier molecular flexibility index (Phi) is 6.08. The average Bonchev–Trinajstić information content (AvgIpc) is 3.00. The molecule has 0 atom stereocenters. The summed E-state index contributed by atoms with van der Waals surface area (Å²) in [6.45, 7) is 6.06. The van der Waals surface area contributed by atoms with Crippen molar-refractivity contribution in [3.63, 3.8) is 0 Å². The molecule has 0 radical (unpaired) electrons. The molecular weight excluding hydrogens is 342 g/mol. The van der Waals surface area contributed by atoms with Crippen molar-refractivity contribution in [2.75, 3.05) is 13.2 Å². The van der Waals surface area contributed by atoms with Gasteiger partial charge in [-0.05, 0) is 26.8 Å². The molecule has 2 aromatic rings. The number of hydrogen-bond donors (Lipinski definition) is 0. The highest BCUT2D eigenvalue weighted by molar-refractivity contribution is 7.11. The number of allylic oxidation sites excluding steroid dienone is 1. The van der Waals surface area contributed by atoms with Gasteiger partial charge in [-0.15, -0.1) is 11.3 Å². The third-order valence-electron chi connectivity index (χ3n) is 3.16. The zero-order chi connectivity index (χ0) is 18.4. The highest BCUT2D eigenvalue weighted by Gasteiger charge is 2.20. The first-order chi connectivity index (χ1) is 12.0. The average molecular weight is 359 g/mol. The van der Waals surface area contributed by atoms with Crippen molar-refractivity contribution < 1.29 is 14.4 Å². The van der Waals surface area contributed by atoms with E-state index in [1.165, 1.54) is 23.5 Å². The van der Waals surface area contributed by atoms with Crippen molar-refractivity contribution in [1.29, 1.82) is 5.26 Å². The van der Waals surface area contributed by atoms with E-state index in [1.54, 1.807) is 13.0 Å². The summed E-state index contributed by atoms with van der Waals surface area (Å²) in [6, 6.07) is 4.93. The lowest BCUT2D eigenvalue weighted by Crippen LogP contribution is -2.01. The maximum Gasteiger partial charge on any atom is 0.311 e. The summed E-state index contributed by atoms with van der Waals surface area (Å²) < 4.78 is 10.9. The first-order valence-corrected chi connectivity index (χ1v) is 8.50. The lowest BCUT2D eigenvalue weighted by atomic mass is 10.1. The smallest absolute Gasteiger partial charge is 0.311 e. The summed E-state index contributed by atoms with van der Waals surface area (Å²) in [5.74, 6) is 0.550. The van der Waals surface area contributed by atoms with Crippen LogP contribution >= 0.6 is 11.3 Å². The minimum absolute atomic E-state index is 0.136. The number of nitro groups is 1. The fraction of sp³-hybridized carbons (Fsp3) is 0.294. The fourth-order valence-corrected chi connectivity index (χ4v) is 2.91. The molecule has 1 aromatic carbocycles. The van der Waals surface area contributed by atoms with E-state index in [9.17, 15) is 15.4 Å². The van der Waals surface area contributed by atoms with E-state index in [2.05, 4.69) is 11.1 Å². The monoisotopic (exact) mass is 359 g/mol. The summed E-state index contributed by atoms with van der Waals surface area (Å²) in [6.07, 6.45) is 1.55. The second kappa shape index (κ2) is 8.26. The summed E-state index contributed by atoms with van der Waals surface area (Å²) in [7, 11) is 0. The molecule has 1 aromatic heterocycles. The zero-order valence-electron chi connectivity index (χ0n) is 14.1. The van der Waals surface area contributed by atoms with Crippen LogP contribution < -0.4 is 9.47 Å². The van der Waals surface area contributed by atoms with Gasteiger partial charge < -0.3 is 9.47 Å². The Morgan fingerprint density at radius 1 is 1.36 bits per heavy atom. The van der Waals surface area contributed by atoms with Gasteiger partial charge in [-0.25, -0.2) is 4.98 Å². The second-order valence-corrected chi connectivity index (χ2v) is 5.80. The van der Waals surface area contributed by atoms with Crippen molar-refractivity contribution in [3.8, 4) is 17.6 Å². The minimum atomic E-state index is -0.516. The molecule has 0 saturated carbocycles. The lowest BCUT2D eigenvalue weighted by Gasteiger charge is -2.11. The van der Waals surface area contributed by atoms with E-state index < -0.39 is 4.92 Å². The van der Waals surface area contributed by atoms with Gasteiger partial charge in [0.25, 0.3) is 0 Å². The van der Waals surface area contributed by atoms with Crippen LogP contribution in [0, 0.1) is 28.4 Å². The number of benzene rings is 1. The van der Waals surface area contributed by atoms with Crippen molar-refractivity contribution >= 4 is 28.7 Å². The van der Waals surface area contributed by atoms with Crippen LogP contribution in [0.15, 0.2) is 17.5 Å². The van der Waals surface area contributed by atoms with Gasteiger partial charge in [0, 0.05) is 28.8 Å². The lowest BCUT2D eigenvalue weighted by molar-refractivity contribution is -0.385. The molecule has 8 heteroatoms. The molecule has 0 amide bonds. The van der Waals surface area contributed by atoms with Gasteiger partial charge in [-0.1, -0.05) is 0 Å². The number of nitriles is 1. The van der Waals surface area contributed by atoms with Crippen molar-refractivity contribution in [2.45, 2.75) is 20.8 Å². The van der Waals surface area contributed by atoms with Gasteiger partial charge in [0.15, 0.2) is 0 Å². The van der Waals surface area contributed by atoms with E-state index >= 15 is 0 Å². The molecule has 0 N–H and O–H groups in total. The minimum Gasteiger partial charge on any atom is -0.493 e. The number of hydrogen-bond acceptors (Lipinski definition) is 7. The Bertz CT molecular complexity index is 852. The number of nitrogens with zero attached hydrogens (tertiary/aromatic N) is 3. The highest BCUT2D eigenvalue weighted by Crippen LogP contribution is 2.37. The Balaban J connectivity index is 2.61. The van der Waals surface area contributed by atoms with E-state index in [-0.39, 0.29) is 11.4 Å². The van der Waals surface area contributed by atoms with Crippen LogP contribution in [-0.2, 0) is 0 Å². The quantitative estimate of drug-likeness (QED) is 0.417. The molecule has 0 aliphatic rings. The van der Waals surface area contributed by atoms with Gasteiger partial charge in [0.05, 0.1) is 23.7 Å². The summed E-state index contributed by atoms with van der Waals surface area (Å²) in [5.41, 5.74) is 1.38. The van der Waals surface area contributed by atoms with E-state index in [0.717, 1.165) is 5.69 Å². The third kappa shape index (κ3) is 4.33. The first kappa shape index (κ1) is 18.4. The summed E-state index contributed by atoms with van der Waals surface area (Å²) in [4.78, 5) is 15.1. The SMILES string of the molecule is CCOc1cc(OCC)c([N+](=O)[O-])cc1/C=C(/C#N)c1nc(C)cs1. The Labute approximate surface area is 149 Å². The van der Waals surface area contributed by atoms with E-state index in [0.29, 0.717) is 35.1 Å². The van der Waals surface area contributed by atoms with Gasteiger partial charge in [-0.3, -0.25) is 10.1 Å². The maximum atomic E-state index is 11.3. The second-order valence-electron chi connectivity index (χ2n) is 4.94. The van der Waals surface area contributed by atoms with Crippen molar-refractivity contribution in [1.82, 2.24) is 4.98 Å². The van der Waals surface area contributed by atoms with Crippen LogP contribution in [0.25, 0.3) is 11.6 Å². The number of nitro benzene ring substituents is 1. The van der Waals surface area contributed by atoms with Crippen LogP contribution in [0.1, 0.15) is 30.1 Å². The number of thiazole rings is 1. The Morgan fingerprint density at radius 3 is 2.56 bits per heavy atom. The molecule has 0 spiro atoms. The molecule has 0 unspecified atom stereocenters. The van der Waals surface area contributed by atoms with E-state index in [1.807, 2.05) is 19.2 Å². The molecular formula is C17H17N3O4S. The van der Waals surface area contributed by atoms with Crippen LogP contribution in [-0.4, -0.2) is 23.1 Å². The summed E-state index contributed by atoms with van der Waals surface area (Å²) >= 11 is 1.34. The third-order valence-corrected chi connectivity index (χ3v) is 4.15. The topological polar surface area (TPSA) is 98.3 Å². The van der Waals surface area contributed by atoms with E-state index in [4.69, 9.17) is 9.47 Å². The number of ether oxygens (including phenoxy) is 2. The van der Waals surface area contributed by atoms with Gasteiger partial charge in [0.2, 0.25) is 5.75 Å². The molecule has 25 heavy (non-hydrogen) atoms. The molecule has 7 nitrogen and oxygen atoms in total. The molecule has 0 aliphatic heterocycles. The van der Waals surface area contributed by atoms with Crippen LogP contribution in [0.5, 0.6) is 11.5 Å². The largest absolute Gasteiger partial charge is 0.493 e. The summed E-state index contributed by atoms with van der Waals surface area (Å²) in [5, 5.41) is 23.2. The maximum absolute atomic E-state index is 11.3. The molecule has 1 heterocycles. The Hall–Kier alpha value is -2.92. The number of rotatable bonds is 7. The predicted molar refractivity (Wildman–Crippen MR) is 95.8 cm³/mol. The number of aryl methyl sites for hydroxylation is 1. The highest BCUT2D eigenvalue weighted by atomic mass is 32.1. The fourth-order valence-electron chi connectivity index (χ4n) is 2.15. The van der Waals surface area contributed by atoms with Crippen molar-refractivity contribution in [2.24, 2.45) is 0 Å². The first-order valence-electron chi connectivity index (χ1n) is 7.62. The van der Waals surface area contributed by atoms with Crippen LogP contribution in [0.4, 0.5) is 5.69 Å². The zero-order valence-corrected chi connectivity index (χ0v) is 14.9. The normalized spacial score (nSPS) is 11.0. The molecule has 0 bridgehead atoms. The number of aromatic nitrogens is 1. The van der Waals surface area contributed by atoms with Gasteiger partial charge in [-0.2, -0.15) is 5.26 Å². The van der Waals surface area contributed by atoms with Gasteiger partial charge in [0.1, 0.15) is 16.8 Å². The molecule has 130 valence electrons. The molecule has 0 fully saturated rings. The van der Waals surface area contributed by atoms with Crippen LogP contribution in [0.2, 0.25) is 0 Å². The predicted octanol–water partition coefficient (Wildman–Crippen LogP) is 4.22. The van der Waals surface area contributed by atoms with Crippen LogP contribution in [0.3, 0.4) is 0 Å². The molecule has 0 saturated heterocycles. The molecule has 0 aliphatic carbocycles. The Morgan fingerprint density at radius 2 is 2.04 bits per heavy atom. The standard InChI is InChI=1S/C17H17N3O4S/c1-4-23-15-8-16(24-5-2)14(20(21)22)7-12(15)6-13(9-18)17-19-11(3)10-25-17/h6-8,10H,4-5H2,1-3H3/b13-6-. The van der Waals surface area contributed by atoms with Crippen molar-refractivity contribution in [3.05, 3.63) is 43.9 Å². The molecule has 2 rings (SSSR count). The van der Waals surface area contributed by atoms with Gasteiger partial charge >= 0.3 is 5.69 Å².